The van der Waals surface area contributed by atoms with Crippen LogP contribution in [-0.4, -0.2) is 29.9 Å². The maximum atomic E-state index is 12.4. The van der Waals surface area contributed by atoms with Crippen molar-refractivity contribution in [3.63, 3.8) is 0 Å². The first-order valence-electron chi connectivity index (χ1n) is 8.89. The molecule has 1 heterocycles. The molecular weight excluding hydrogens is 382 g/mol. The van der Waals surface area contributed by atoms with Crippen molar-refractivity contribution in [3.8, 4) is 0 Å². The van der Waals surface area contributed by atoms with Gasteiger partial charge in [0.25, 0.3) is 0 Å². The molecule has 1 atom stereocenters. The van der Waals surface area contributed by atoms with Gasteiger partial charge in [-0.05, 0) is 43.7 Å². The molecule has 1 unspecified atom stereocenters. The number of carbonyl (C=O) groups is 2. The van der Waals surface area contributed by atoms with Crippen molar-refractivity contribution in [1.82, 2.24) is 4.90 Å². The fourth-order valence-corrected chi connectivity index (χ4v) is 3.62. The number of ether oxygens (including phenoxy) is 1. The molecule has 2 rings (SSSR count). The highest BCUT2D eigenvalue weighted by atomic mass is 79.9. The number of likely N-dealkylation sites (tertiary alicyclic amines) is 1. The lowest BCUT2D eigenvalue weighted by Crippen LogP contribution is -2.43. The first-order valence-corrected chi connectivity index (χ1v) is 9.68. The van der Waals surface area contributed by atoms with E-state index in [0.29, 0.717) is 19.0 Å². The van der Waals surface area contributed by atoms with Crippen molar-refractivity contribution < 1.29 is 14.3 Å². The monoisotopic (exact) mass is 407 g/mol. The van der Waals surface area contributed by atoms with Crippen LogP contribution in [0, 0.1) is 0 Å². The zero-order valence-corrected chi connectivity index (χ0v) is 16.3. The number of benzene rings is 1. The highest BCUT2D eigenvalue weighted by molar-refractivity contribution is 9.10. The van der Waals surface area contributed by atoms with Gasteiger partial charge in [0.1, 0.15) is 0 Å². The minimum absolute atomic E-state index is 0.262. The molecule has 0 aliphatic carbocycles. The molecule has 5 heteroatoms. The van der Waals surface area contributed by atoms with E-state index in [2.05, 4.69) is 26.7 Å². The van der Waals surface area contributed by atoms with Crippen molar-refractivity contribution in [2.45, 2.75) is 57.5 Å². The number of halogens is 1. The Bertz CT molecular complexity index is 615. The summed E-state index contributed by atoms with van der Waals surface area (Å²) >= 11 is 3.58. The highest BCUT2D eigenvalue weighted by Gasteiger charge is 2.27. The molecule has 1 fully saturated rings. The lowest BCUT2D eigenvalue weighted by Gasteiger charge is -2.36. The molecule has 0 N–H and O–H groups in total. The molecule has 4 nitrogen and oxygen atoms in total. The van der Waals surface area contributed by atoms with Crippen molar-refractivity contribution in [1.29, 1.82) is 0 Å². The van der Waals surface area contributed by atoms with Crippen molar-refractivity contribution in [2.75, 3.05) is 7.11 Å². The van der Waals surface area contributed by atoms with E-state index in [1.807, 2.05) is 29.2 Å². The molecule has 0 spiro atoms. The van der Waals surface area contributed by atoms with Crippen LogP contribution in [0.3, 0.4) is 0 Å². The maximum absolute atomic E-state index is 12.4. The van der Waals surface area contributed by atoms with Crippen LogP contribution in [0.15, 0.2) is 40.9 Å². The molecule has 0 saturated carbocycles. The van der Waals surface area contributed by atoms with E-state index in [-0.39, 0.29) is 11.9 Å². The third-order valence-electron chi connectivity index (χ3n) is 4.60. The fourth-order valence-electron chi connectivity index (χ4n) is 3.21. The number of hydrogen-bond acceptors (Lipinski definition) is 3. The van der Waals surface area contributed by atoms with Gasteiger partial charge in [-0.3, -0.25) is 4.79 Å². The second-order valence-corrected chi connectivity index (χ2v) is 7.22. The number of carbonyl (C=O) groups excluding carboxylic acids is 2. The van der Waals surface area contributed by atoms with Gasteiger partial charge in [-0.25, -0.2) is 4.79 Å². The minimum Gasteiger partial charge on any atom is -0.466 e. The summed E-state index contributed by atoms with van der Waals surface area (Å²) in [6.45, 7) is 0.674. The molecule has 0 aromatic heterocycles. The van der Waals surface area contributed by atoms with Gasteiger partial charge in [0.15, 0.2) is 0 Å². The highest BCUT2D eigenvalue weighted by Crippen LogP contribution is 2.27. The third-order valence-corrected chi connectivity index (χ3v) is 5.37. The van der Waals surface area contributed by atoms with Gasteiger partial charge >= 0.3 is 5.97 Å². The number of hydrogen-bond donors (Lipinski definition) is 0. The van der Waals surface area contributed by atoms with Gasteiger partial charge in [0.2, 0.25) is 5.91 Å². The zero-order valence-electron chi connectivity index (χ0n) is 14.7. The summed E-state index contributed by atoms with van der Waals surface area (Å²) in [6.07, 6.45) is 9.99. The number of piperidine rings is 1. The summed E-state index contributed by atoms with van der Waals surface area (Å²) in [5.41, 5.74) is 1.16. The number of esters is 1. The Balaban J connectivity index is 1.85. The third kappa shape index (κ3) is 6.31. The molecule has 25 heavy (non-hydrogen) atoms. The van der Waals surface area contributed by atoms with Crippen LogP contribution >= 0.6 is 15.9 Å². The number of nitrogens with zero attached hydrogens (tertiary/aromatic N) is 1. The smallest absolute Gasteiger partial charge is 0.330 e. The molecule has 1 saturated heterocycles. The number of allylic oxidation sites excluding steroid dienone is 1. The number of amides is 1. The quantitative estimate of drug-likeness (QED) is 0.358. The first-order chi connectivity index (χ1) is 12.1. The van der Waals surface area contributed by atoms with Gasteiger partial charge in [0.05, 0.1) is 7.11 Å². The van der Waals surface area contributed by atoms with Crippen LogP contribution in [0.25, 0.3) is 0 Å². The average Bonchev–Trinajstić information content (AvgIpc) is 2.61. The Hall–Kier alpha value is -1.62. The van der Waals surface area contributed by atoms with E-state index in [9.17, 15) is 9.59 Å². The Labute approximate surface area is 158 Å². The Morgan fingerprint density at radius 2 is 2.16 bits per heavy atom. The molecule has 1 aliphatic rings. The Morgan fingerprint density at radius 3 is 2.92 bits per heavy atom. The predicted molar refractivity (Wildman–Crippen MR) is 102 cm³/mol. The van der Waals surface area contributed by atoms with E-state index in [0.717, 1.165) is 48.6 Å². The largest absolute Gasteiger partial charge is 0.466 e. The summed E-state index contributed by atoms with van der Waals surface area (Å²) in [6, 6.07) is 8.41. The van der Waals surface area contributed by atoms with Crippen molar-refractivity contribution >= 4 is 27.8 Å². The molecule has 1 aliphatic heterocycles. The Kier molecular flexibility index (Phi) is 8.19. The predicted octanol–water partition coefficient (Wildman–Crippen LogP) is 4.62. The van der Waals surface area contributed by atoms with Gasteiger partial charge in [-0.15, -0.1) is 0 Å². The second kappa shape index (κ2) is 10.4. The maximum Gasteiger partial charge on any atom is 0.330 e. The van der Waals surface area contributed by atoms with Gasteiger partial charge < -0.3 is 9.64 Å². The van der Waals surface area contributed by atoms with E-state index in [1.54, 1.807) is 0 Å². The SMILES string of the molecule is COC(=O)/C=C/CCCCC1CCCC(=O)N1Cc1ccccc1Br. The number of rotatable bonds is 8. The fraction of sp³-hybridized carbons (Fsp3) is 0.500. The van der Waals surface area contributed by atoms with Gasteiger partial charge in [-0.1, -0.05) is 46.6 Å². The number of methoxy groups -OCH3 is 1. The Morgan fingerprint density at radius 1 is 1.36 bits per heavy atom. The van der Waals surface area contributed by atoms with Crippen LogP contribution < -0.4 is 0 Å². The molecular formula is C20H26BrNO3. The molecule has 1 aromatic carbocycles. The lowest BCUT2D eigenvalue weighted by molar-refractivity contribution is -0.137. The minimum atomic E-state index is -0.308. The van der Waals surface area contributed by atoms with E-state index < -0.39 is 0 Å². The van der Waals surface area contributed by atoms with Crippen LogP contribution in [-0.2, 0) is 20.9 Å². The van der Waals surface area contributed by atoms with Crippen molar-refractivity contribution in [3.05, 3.63) is 46.5 Å². The summed E-state index contributed by atoms with van der Waals surface area (Å²) in [7, 11) is 1.38. The summed E-state index contributed by atoms with van der Waals surface area (Å²) < 4.78 is 5.63. The summed E-state index contributed by atoms with van der Waals surface area (Å²) in [5.74, 6) is -0.0462. The normalized spacial score (nSPS) is 17.9. The van der Waals surface area contributed by atoms with Crippen LogP contribution in [0.4, 0.5) is 0 Å². The molecule has 0 bridgehead atoms. The van der Waals surface area contributed by atoms with Crippen LogP contribution in [0.1, 0.15) is 50.5 Å². The topological polar surface area (TPSA) is 46.6 Å². The average molecular weight is 408 g/mol. The molecule has 1 amide bonds. The van der Waals surface area contributed by atoms with Crippen LogP contribution in [0.5, 0.6) is 0 Å². The lowest BCUT2D eigenvalue weighted by atomic mass is 9.95. The standard InChI is InChI=1S/C20H26BrNO3/c1-25-20(24)14-5-3-2-4-10-17-11-8-13-19(23)22(17)15-16-9-6-7-12-18(16)21/h5-7,9,12,14,17H,2-4,8,10-11,13,15H2,1H3/b14-5+. The zero-order chi connectivity index (χ0) is 18.1. The second-order valence-electron chi connectivity index (χ2n) is 6.37. The number of unbranched alkanes of at least 4 members (excludes halogenated alkanes) is 2. The van der Waals surface area contributed by atoms with Gasteiger partial charge in [0, 0.05) is 29.6 Å². The summed E-state index contributed by atoms with van der Waals surface area (Å²) in [4.78, 5) is 25.5. The first kappa shape index (κ1) is 19.7. The summed E-state index contributed by atoms with van der Waals surface area (Å²) in [5, 5.41) is 0. The molecule has 136 valence electrons. The molecule has 1 aromatic rings. The van der Waals surface area contributed by atoms with E-state index in [1.165, 1.54) is 13.2 Å². The van der Waals surface area contributed by atoms with Crippen LogP contribution in [0.2, 0.25) is 0 Å². The molecule has 0 radical (unpaired) electrons. The van der Waals surface area contributed by atoms with E-state index in [4.69, 9.17) is 0 Å². The van der Waals surface area contributed by atoms with Crippen molar-refractivity contribution in [2.24, 2.45) is 0 Å². The van der Waals surface area contributed by atoms with E-state index >= 15 is 0 Å². The van der Waals surface area contributed by atoms with Gasteiger partial charge in [-0.2, -0.15) is 0 Å².